The van der Waals surface area contributed by atoms with Crippen LogP contribution >= 0.6 is 0 Å². The Kier molecular flexibility index (Phi) is 3.28. The van der Waals surface area contributed by atoms with Gasteiger partial charge in [-0.05, 0) is 12.1 Å². The Morgan fingerprint density at radius 2 is 2.10 bits per heavy atom. The van der Waals surface area contributed by atoms with E-state index in [2.05, 4.69) is 20.8 Å². The van der Waals surface area contributed by atoms with Gasteiger partial charge in [-0.15, -0.1) is 10.2 Å². The Bertz CT molecular complexity index is 602. The van der Waals surface area contributed by atoms with Crippen LogP contribution in [0.15, 0.2) is 40.5 Å². The Morgan fingerprint density at radius 1 is 1.33 bits per heavy atom. The molecule has 1 N–H and O–H groups in total. The molecule has 1 aromatic carbocycles. The minimum Gasteiger partial charge on any atom is -0.342 e. The van der Waals surface area contributed by atoms with Crippen LogP contribution in [0, 0.1) is 0 Å². The van der Waals surface area contributed by atoms with Gasteiger partial charge in [0.05, 0.1) is 6.54 Å². The van der Waals surface area contributed by atoms with Crippen molar-refractivity contribution in [1.29, 1.82) is 0 Å². The van der Waals surface area contributed by atoms with E-state index in [4.69, 9.17) is 0 Å². The molecule has 1 atom stereocenters. The number of carbonyl (C=O) groups is 1. The molecular formula is C13H12F2N5O. The van der Waals surface area contributed by atoms with Gasteiger partial charge >= 0.3 is 0 Å². The molecule has 0 saturated carbocycles. The molecule has 1 amide bonds. The summed E-state index contributed by atoms with van der Waals surface area (Å²) in [6, 6.07) is 7.13. The van der Waals surface area contributed by atoms with Crippen molar-refractivity contribution < 1.29 is 13.6 Å². The quantitative estimate of drug-likeness (QED) is 0.869. The van der Waals surface area contributed by atoms with Crippen LogP contribution in [0.3, 0.4) is 0 Å². The summed E-state index contributed by atoms with van der Waals surface area (Å²) >= 11 is 0. The van der Waals surface area contributed by atoms with Crippen LogP contribution in [0.5, 0.6) is 0 Å². The largest absolute Gasteiger partial charge is 0.342 e. The van der Waals surface area contributed by atoms with Crippen LogP contribution in [0.4, 0.5) is 8.78 Å². The van der Waals surface area contributed by atoms with Gasteiger partial charge in [0.1, 0.15) is 12.4 Å². The van der Waals surface area contributed by atoms with Crippen LogP contribution in [0.2, 0.25) is 0 Å². The van der Waals surface area contributed by atoms with Crippen molar-refractivity contribution in [2.45, 2.75) is 12.0 Å². The Morgan fingerprint density at radius 3 is 2.76 bits per heavy atom. The highest BCUT2D eigenvalue weighted by atomic mass is 19.3. The number of benzene rings is 1. The second-order valence-corrected chi connectivity index (χ2v) is 4.79. The molecule has 1 radical (unpaired) electrons. The molecule has 2 aliphatic rings. The number of guanidine groups is 1. The number of amides is 1. The fourth-order valence-electron chi connectivity index (χ4n) is 2.26. The summed E-state index contributed by atoms with van der Waals surface area (Å²) in [6.07, 6.45) is 1.17. The molecule has 0 aliphatic carbocycles. The predicted molar refractivity (Wildman–Crippen MR) is 72.3 cm³/mol. The maximum atomic E-state index is 14.0. The minimum atomic E-state index is -3.05. The first-order valence-electron chi connectivity index (χ1n) is 6.35. The summed E-state index contributed by atoms with van der Waals surface area (Å²) in [5.74, 6) is -3.43. The van der Waals surface area contributed by atoms with Gasteiger partial charge in [0.25, 0.3) is 11.8 Å². The number of nitrogens with one attached hydrogen (secondary N) is 1. The fraction of sp³-hybridized carbons (Fsp3) is 0.308. The van der Waals surface area contributed by atoms with Crippen molar-refractivity contribution in [3.63, 3.8) is 0 Å². The summed E-state index contributed by atoms with van der Waals surface area (Å²) in [4.78, 5) is 13.3. The van der Waals surface area contributed by atoms with Gasteiger partial charge < -0.3 is 10.2 Å². The van der Waals surface area contributed by atoms with E-state index in [9.17, 15) is 13.6 Å². The average Bonchev–Trinajstić information content (AvgIpc) is 3.08. The number of carbonyl (C=O) groups excluding carboxylic acids is 1. The van der Waals surface area contributed by atoms with Gasteiger partial charge in [-0.3, -0.25) is 4.79 Å². The smallest absolute Gasteiger partial charge is 0.286 e. The molecule has 0 bridgehead atoms. The first-order valence-corrected chi connectivity index (χ1v) is 6.35. The topological polar surface area (TPSA) is 71.2 Å². The molecule has 3 rings (SSSR count). The van der Waals surface area contributed by atoms with Gasteiger partial charge in [-0.25, -0.2) is 8.78 Å². The van der Waals surface area contributed by atoms with Crippen LogP contribution in [0.1, 0.15) is 10.4 Å². The normalized spacial score (nSPS) is 22.9. The number of likely N-dealkylation sites (tertiary alicyclic amines) is 1. The molecule has 0 spiro atoms. The van der Waals surface area contributed by atoms with Crippen molar-refractivity contribution >= 4 is 18.2 Å². The van der Waals surface area contributed by atoms with E-state index >= 15 is 0 Å². The predicted octanol–water partition coefficient (Wildman–Crippen LogP) is 0.653. The first kappa shape index (κ1) is 13.5. The molecule has 2 aliphatic heterocycles. The van der Waals surface area contributed by atoms with Gasteiger partial charge in [-0.2, -0.15) is 5.32 Å². The van der Waals surface area contributed by atoms with Gasteiger partial charge in [0.15, 0.2) is 0 Å². The number of hydrogen-bond donors (Lipinski definition) is 1. The average molecular weight is 292 g/mol. The van der Waals surface area contributed by atoms with Gasteiger partial charge in [0.2, 0.25) is 5.96 Å². The Hall–Kier alpha value is -2.51. The molecule has 6 nitrogen and oxygen atoms in total. The van der Waals surface area contributed by atoms with E-state index in [0.29, 0.717) is 5.56 Å². The van der Waals surface area contributed by atoms with Crippen LogP contribution < -0.4 is 10.6 Å². The molecule has 8 heteroatoms. The lowest BCUT2D eigenvalue weighted by molar-refractivity contribution is -0.00539. The number of halogens is 2. The zero-order chi connectivity index (χ0) is 14.9. The van der Waals surface area contributed by atoms with E-state index in [0.717, 1.165) is 4.90 Å². The van der Waals surface area contributed by atoms with Crippen LogP contribution in [0.25, 0.3) is 0 Å². The van der Waals surface area contributed by atoms with E-state index in [1.54, 1.807) is 30.3 Å². The second-order valence-electron chi connectivity index (χ2n) is 4.79. The highest BCUT2D eigenvalue weighted by Crippen LogP contribution is 2.28. The second kappa shape index (κ2) is 5.12. The third kappa shape index (κ3) is 2.69. The monoisotopic (exact) mass is 292 g/mol. The van der Waals surface area contributed by atoms with E-state index < -0.39 is 24.4 Å². The Labute approximate surface area is 119 Å². The number of hydrogen-bond acceptors (Lipinski definition) is 4. The van der Waals surface area contributed by atoms with Gasteiger partial charge in [0, 0.05) is 12.1 Å². The molecule has 1 aromatic rings. The molecular weight excluding hydrogens is 280 g/mol. The lowest BCUT2D eigenvalue weighted by Crippen LogP contribution is -2.48. The third-order valence-electron chi connectivity index (χ3n) is 3.31. The molecule has 1 unspecified atom stereocenters. The highest BCUT2D eigenvalue weighted by molar-refractivity contribution is 5.95. The zero-order valence-corrected chi connectivity index (χ0v) is 10.9. The summed E-state index contributed by atoms with van der Waals surface area (Å²) in [5, 5.41) is 13.3. The maximum absolute atomic E-state index is 14.0. The molecule has 21 heavy (non-hydrogen) atoms. The fourth-order valence-corrected chi connectivity index (χ4v) is 2.26. The summed E-state index contributed by atoms with van der Waals surface area (Å²) in [7, 11) is 0. The van der Waals surface area contributed by atoms with Crippen molar-refractivity contribution in [1.82, 2.24) is 15.5 Å². The summed E-state index contributed by atoms with van der Waals surface area (Å²) in [6.45, 7) is -0.748. The standard InChI is InChI=1S/C13H12F2N5O/c14-13(15)7-20(11(21)9-4-2-1-3-5-9)6-10(13)18-12-16-8-17-19-12/h1-5,8,10H,6-7H2,(H,18,19). The molecule has 1 saturated heterocycles. The van der Waals surface area contributed by atoms with Crippen LogP contribution in [-0.4, -0.2) is 48.2 Å². The SMILES string of the molecule is O=C(c1ccccc1)N1CC(NC2=NN=C[N]2)C(F)(F)C1. The lowest BCUT2D eigenvalue weighted by Gasteiger charge is -2.18. The number of alkyl halides is 2. The number of nitrogens with zero attached hydrogens (tertiary/aromatic N) is 4. The summed E-state index contributed by atoms with van der Waals surface area (Å²) < 4.78 is 28.0. The van der Waals surface area contributed by atoms with Gasteiger partial charge in [-0.1, -0.05) is 18.2 Å². The van der Waals surface area contributed by atoms with Crippen molar-refractivity contribution in [2.75, 3.05) is 13.1 Å². The highest BCUT2D eigenvalue weighted by Gasteiger charge is 2.50. The van der Waals surface area contributed by atoms with E-state index in [1.165, 1.54) is 6.34 Å². The van der Waals surface area contributed by atoms with E-state index in [-0.39, 0.29) is 12.5 Å². The van der Waals surface area contributed by atoms with Crippen LogP contribution in [-0.2, 0) is 0 Å². The molecule has 109 valence electrons. The lowest BCUT2D eigenvalue weighted by atomic mass is 10.2. The summed E-state index contributed by atoms with van der Waals surface area (Å²) in [5.41, 5.74) is 0.389. The molecule has 0 aromatic heterocycles. The Balaban J connectivity index is 1.71. The number of rotatable bonds is 2. The first-order chi connectivity index (χ1) is 10.1. The molecule has 1 fully saturated rings. The van der Waals surface area contributed by atoms with Crippen molar-refractivity contribution in [3.8, 4) is 0 Å². The van der Waals surface area contributed by atoms with Crippen molar-refractivity contribution in [2.24, 2.45) is 10.2 Å². The third-order valence-corrected chi connectivity index (χ3v) is 3.31. The maximum Gasteiger partial charge on any atom is 0.286 e. The minimum absolute atomic E-state index is 0.0358. The van der Waals surface area contributed by atoms with E-state index in [1.807, 2.05) is 0 Å². The van der Waals surface area contributed by atoms with Crippen molar-refractivity contribution in [3.05, 3.63) is 35.9 Å². The zero-order valence-electron chi connectivity index (χ0n) is 10.9. The molecule has 2 heterocycles.